The van der Waals surface area contributed by atoms with E-state index in [0.29, 0.717) is 6.54 Å². The highest BCUT2D eigenvalue weighted by molar-refractivity contribution is 5.97. The molecule has 4 rings (SSSR count). The predicted molar refractivity (Wildman–Crippen MR) is 87.0 cm³/mol. The standard InChI is InChI=1S/C18H18N2O3/c21-18(14-5-2-7-15-13(14)6-3-9-19-15)20-10-12-4-1-8-16-17(12)23-11-22-16/h1-2,4-5,7-8,19H,3,6,9-11H2,(H,20,21). The van der Waals surface area contributed by atoms with E-state index < -0.39 is 0 Å². The average molecular weight is 310 g/mol. The second-order valence-corrected chi connectivity index (χ2v) is 5.70. The van der Waals surface area contributed by atoms with E-state index in [4.69, 9.17) is 9.47 Å². The lowest BCUT2D eigenvalue weighted by atomic mass is 9.97. The molecule has 2 heterocycles. The number of amides is 1. The van der Waals surface area contributed by atoms with Gasteiger partial charge in [-0.15, -0.1) is 0 Å². The van der Waals surface area contributed by atoms with E-state index in [9.17, 15) is 4.79 Å². The van der Waals surface area contributed by atoms with Crippen molar-refractivity contribution in [2.45, 2.75) is 19.4 Å². The van der Waals surface area contributed by atoms with E-state index in [0.717, 1.165) is 53.3 Å². The first-order valence-corrected chi connectivity index (χ1v) is 7.84. The molecule has 0 aromatic heterocycles. The quantitative estimate of drug-likeness (QED) is 0.915. The molecule has 0 aliphatic carbocycles. The largest absolute Gasteiger partial charge is 0.454 e. The van der Waals surface area contributed by atoms with Crippen molar-refractivity contribution >= 4 is 11.6 Å². The van der Waals surface area contributed by atoms with Gasteiger partial charge in [-0.1, -0.05) is 18.2 Å². The van der Waals surface area contributed by atoms with Crippen LogP contribution in [0, 0.1) is 0 Å². The summed E-state index contributed by atoms with van der Waals surface area (Å²) in [6.45, 7) is 1.62. The number of carbonyl (C=O) groups is 1. The van der Waals surface area contributed by atoms with Gasteiger partial charge < -0.3 is 20.1 Å². The average Bonchev–Trinajstić information content (AvgIpc) is 3.08. The zero-order valence-electron chi connectivity index (χ0n) is 12.7. The summed E-state index contributed by atoms with van der Waals surface area (Å²) in [7, 11) is 0. The minimum absolute atomic E-state index is 0.0536. The Labute approximate surface area is 134 Å². The summed E-state index contributed by atoms with van der Waals surface area (Å²) in [5.74, 6) is 1.41. The van der Waals surface area contributed by atoms with Crippen LogP contribution in [-0.2, 0) is 13.0 Å². The number of fused-ring (bicyclic) bond motifs is 2. The maximum absolute atomic E-state index is 12.6. The minimum Gasteiger partial charge on any atom is -0.454 e. The molecule has 0 spiro atoms. The molecule has 5 heteroatoms. The monoisotopic (exact) mass is 310 g/mol. The summed E-state index contributed by atoms with van der Waals surface area (Å²) in [6.07, 6.45) is 1.98. The van der Waals surface area contributed by atoms with Crippen molar-refractivity contribution in [3.63, 3.8) is 0 Å². The Bertz CT molecular complexity index is 758. The van der Waals surface area contributed by atoms with E-state index >= 15 is 0 Å². The Morgan fingerprint density at radius 2 is 2.09 bits per heavy atom. The molecular weight excluding hydrogens is 292 g/mol. The SMILES string of the molecule is O=C(NCc1cccc2c1OCO2)c1cccc2c1CCCN2. The second-order valence-electron chi connectivity index (χ2n) is 5.70. The maximum atomic E-state index is 12.6. The van der Waals surface area contributed by atoms with Crippen molar-refractivity contribution in [3.8, 4) is 11.5 Å². The normalized spacial score (nSPS) is 14.8. The molecule has 23 heavy (non-hydrogen) atoms. The Morgan fingerprint density at radius 1 is 1.17 bits per heavy atom. The summed E-state index contributed by atoms with van der Waals surface area (Å²) in [5, 5.41) is 6.34. The summed E-state index contributed by atoms with van der Waals surface area (Å²) >= 11 is 0. The third-order valence-electron chi connectivity index (χ3n) is 4.26. The number of rotatable bonds is 3. The molecular formula is C18H18N2O3. The second kappa shape index (κ2) is 5.83. The van der Waals surface area contributed by atoms with Crippen molar-refractivity contribution in [1.82, 2.24) is 5.32 Å². The van der Waals surface area contributed by atoms with Crippen LogP contribution in [0.2, 0.25) is 0 Å². The van der Waals surface area contributed by atoms with Crippen molar-refractivity contribution < 1.29 is 14.3 Å². The van der Waals surface area contributed by atoms with Gasteiger partial charge in [-0.05, 0) is 36.6 Å². The molecule has 2 aliphatic rings. The molecule has 0 unspecified atom stereocenters. The van der Waals surface area contributed by atoms with Gasteiger partial charge in [-0.2, -0.15) is 0 Å². The third kappa shape index (κ3) is 2.59. The van der Waals surface area contributed by atoms with Crippen molar-refractivity contribution in [2.75, 3.05) is 18.7 Å². The third-order valence-corrected chi connectivity index (χ3v) is 4.26. The van der Waals surface area contributed by atoms with E-state index in [1.807, 2.05) is 36.4 Å². The van der Waals surface area contributed by atoms with Crippen LogP contribution in [0.1, 0.15) is 27.9 Å². The van der Waals surface area contributed by atoms with E-state index in [2.05, 4.69) is 10.6 Å². The fourth-order valence-electron chi connectivity index (χ4n) is 3.12. The molecule has 0 fully saturated rings. The van der Waals surface area contributed by atoms with Crippen molar-refractivity contribution in [2.24, 2.45) is 0 Å². The number of hydrogen-bond acceptors (Lipinski definition) is 4. The fourth-order valence-corrected chi connectivity index (χ4v) is 3.12. The molecule has 0 radical (unpaired) electrons. The zero-order chi connectivity index (χ0) is 15.6. The molecule has 0 atom stereocenters. The summed E-state index contributed by atoms with van der Waals surface area (Å²) in [5.41, 5.74) is 3.85. The van der Waals surface area contributed by atoms with Crippen LogP contribution < -0.4 is 20.1 Å². The van der Waals surface area contributed by atoms with E-state index in [1.165, 1.54) is 0 Å². The number of carbonyl (C=O) groups excluding carboxylic acids is 1. The first-order chi connectivity index (χ1) is 11.3. The van der Waals surface area contributed by atoms with Crippen molar-refractivity contribution in [1.29, 1.82) is 0 Å². The van der Waals surface area contributed by atoms with Gasteiger partial charge >= 0.3 is 0 Å². The van der Waals surface area contributed by atoms with Crippen LogP contribution in [-0.4, -0.2) is 19.2 Å². The van der Waals surface area contributed by atoms with Crippen LogP contribution >= 0.6 is 0 Å². The maximum Gasteiger partial charge on any atom is 0.251 e. The highest BCUT2D eigenvalue weighted by atomic mass is 16.7. The molecule has 2 aromatic carbocycles. The van der Waals surface area contributed by atoms with Gasteiger partial charge in [-0.25, -0.2) is 0 Å². The van der Waals surface area contributed by atoms with Crippen molar-refractivity contribution in [3.05, 3.63) is 53.1 Å². The molecule has 5 nitrogen and oxygen atoms in total. The van der Waals surface area contributed by atoms with Crippen LogP contribution in [0.4, 0.5) is 5.69 Å². The smallest absolute Gasteiger partial charge is 0.251 e. The lowest BCUT2D eigenvalue weighted by Crippen LogP contribution is -2.25. The number of benzene rings is 2. The number of anilines is 1. The molecule has 118 valence electrons. The number of nitrogens with one attached hydrogen (secondary N) is 2. The predicted octanol–water partition coefficient (Wildman–Crippen LogP) is 2.70. The van der Waals surface area contributed by atoms with E-state index in [-0.39, 0.29) is 12.7 Å². The molecule has 0 bridgehead atoms. The Morgan fingerprint density at radius 3 is 3.04 bits per heavy atom. The fraction of sp³-hybridized carbons (Fsp3) is 0.278. The lowest BCUT2D eigenvalue weighted by Gasteiger charge is -2.20. The van der Waals surface area contributed by atoms with E-state index in [1.54, 1.807) is 0 Å². The molecule has 2 N–H and O–H groups in total. The van der Waals surface area contributed by atoms with Crippen LogP contribution in [0.3, 0.4) is 0 Å². The van der Waals surface area contributed by atoms with Crippen LogP contribution in [0.25, 0.3) is 0 Å². The van der Waals surface area contributed by atoms with Gasteiger partial charge in [-0.3, -0.25) is 4.79 Å². The minimum atomic E-state index is -0.0536. The Hall–Kier alpha value is -2.69. The van der Waals surface area contributed by atoms with Gasteiger partial charge in [0, 0.05) is 29.9 Å². The summed E-state index contributed by atoms with van der Waals surface area (Å²) in [6, 6.07) is 11.5. The Kier molecular flexibility index (Phi) is 3.54. The van der Waals surface area contributed by atoms with Gasteiger partial charge in [0.15, 0.2) is 11.5 Å². The number of hydrogen-bond donors (Lipinski definition) is 2. The topological polar surface area (TPSA) is 59.6 Å². The molecule has 2 aromatic rings. The Balaban J connectivity index is 1.52. The van der Waals surface area contributed by atoms with Crippen LogP contribution in [0.15, 0.2) is 36.4 Å². The first-order valence-electron chi connectivity index (χ1n) is 7.84. The number of ether oxygens (including phenoxy) is 2. The summed E-state index contributed by atoms with van der Waals surface area (Å²) in [4.78, 5) is 12.6. The van der Waals surface area contributed by atoms with Gasteiger partial charge in [0.1, 0.15) is 0 Å². The molecule has 0 saturated heterocycles. The van der Waals surface area contributed by atoms with Gasteiger partial charge in [0.05, 0.1) is 0 Å². The number of para-hydroxylation sites is 1. The highest BCUT2D eigenvalue weighted by Crippen LogP contribution is 2.35. The highest BCUT2D eigenvalue weighted by Gasteiger charge is 2.20. The molecule has 2 aliphatic heterocycles. The van der Waals surface area contributed by atoms with Gasteiger partial charge in [0.2, 0.25) is 6.79 Å². The molecule has 1 amide bonds. The lowest BCUT2D eigenvalue weighted by molar-refractivity contribution is 0.0949. The zero-order valence-corrected chi connectivity index (χ0v) is 12.7. The summed E-state index contributed by atoms with van der Waals surface area (Å²) < 4.78 is 10.8. The van der Waals surface area contributed by atoms with Crippen LogP contribution in [0.5, 0.6) is 11.5 Å². The first kappa shape index (κ1) is 13.9. The molecule has 0 saturated carbocycles. The van der Waals surface area contributed by atoms with Gasteiger partial charge in [0.25, 0.3) is 5.91 Å².